The van der Waals surface area contributed by atoms with Gasteiger partial charge in [-0.3, -0.25) is 9.69 Å². The molecule has 1 rings (SSSR count). The second-order valence-electron chi connectivity index (χ2n) is 3.65. The number of amides is 1. The Morgan fingerprint density at radius 2 is 2.19 bits per heavy atom. The fraction of sp³-hybridized carbons (Fsp3) is 0.667. The molecule has 0 aromatic rings. The lowest BCUT2D eigenvalue weighted by Gasteiger charge is -2.24. The number of hydrogen-bond donors (Lipinski definition) is 0. The van der Waals surface area contributed by atoms with Crippen LogP contribution in [0.3, 0.4) is 0 Å². The Bertz CT molecular complexity index is 314. The predicted octanol–water partition coefficient (Wildman–Crippen LogP) is 2.90. The molecule has 1 unspecified atom stereocenters. The molecule has 0 saturated heterocycles. The first-order valence-electron chi connectivity index (χ1n) is 4.61. The van der Waals surface area contributed by atoms with Gasteiger partial charge < -0.3 is 4.74 Å². The maximum Gasteiger partial charge on any atom is 0.418 e. The molecule has 0 aliphatic carbocycles. The first kappa shape index (κ1) is 13.3. The molecule has 0 aromatic carbocycles. The first-order valence-corrected chi connectivity index (χ1v) is 4.99. The molecule has 0 spiro atoms. The largest absolute Gasteiger partial charge is 0.418 e. The molecule has 0 N–H and O–H groups in total. The van der Waals surface area contributed by atoms with Crippen LogP contribution in [0, 0.1) is 0 Å². The number of ether oxygens (including phenoxy) is 1. The second-order valence-corrected chi connectivity index (χ2v) is 3.97. The lowest BCUT2D eigenvalue weighted by molar-refractivity contribution is -0.196. The van der Waals surface area contributed by atoms with Crippen LogP contribution in [-0.4, -0.2) is 35.2 Å². The zero-order valence-electron chi connectivity index (χ0n) is 8.71. The summed E-state index contributed by atoms with van der Waals surface area (Å²) < 4.78 is 41.4. The van der Waals surface area contributed by atoms with E-state index in [1.807, 2.05) is 0 Å². The van der Waals surface area contributed by atoms with Crippen molar-refractivity contribution in [2.75, 3.05) is 6.61 Å². The van der Waals surface area contributed by atoms with Crippen LogP contribution in [0.25, 0.3) is 0 Å². The molecule has 0 saturated carbocycles. The fourth-order valence-electron chi connectivity index (χ4n) is 1.43. The molecule has 1 aliphatic heterocycles. The number of rotatable bonds is 2. The highest BCUT2D eigenvalue weighted by atomic mass is 35.5. The van der Waals surface area contributed by atoms with E-state index in [-0.39, 0.29) is 18.3 Å². The van der Waals surface area contributed by atoms with E-state index >= 15 is 0 Å². The number of halogens is 4. The molecule has 1 heterocycles. The van der Waals surface area contributed by atoms with Crippen LogP contribution >= 0.6 is 11.6 Å². The summed E-state index contributed by atoms with van der Waals surface area (Å²) in [5.74, 6) is 0. The van der Waals surface area contributed by atoms with E-state index in [9.17, 15) is 18.0 Å². The molecular weight excluding hydrogens is 247 g/mol. The lowest BCUT2D eigenvalue weighted by atomic mass is 10.2. The molecule has 1 aliphatic rings. The minimum atomic E-state index is -4.46. The summed E-state index contributed by atoms with van der Waals surface area (Å²) in [5, 5.41) is -0.812. The van der Waals surface area contributed by atoms with Gasteiger partial charge in [0.15, 0.2) is 6.10 Å². The van der Waals surface area contributed by atoms with Crippen LogP contribution in [0.15, 0.2) is 11.8 Å². The maximum atomic E-state index is 12.3. The molecule has 0 aromatic heterocycles. The molecule has 1 atom stereocenters. The monoisotopic (exact) mass is 257 g/mol. The molecule has 0 radical (unpaired) electrons. The molecule has 92 valence electrons. The third-order valence-electron chi connectivity index (χ3n) is 2.09. The Hall–Kier alpha value is -0.750. The van der Waals surface area contributed by atoms with Crippen LogP contribution < -0.4 is 0 Å². The molecule has 0 bridgehead atoms. The van der Waals surface area contributed by atoms with E-state index in [2.05, 4.69) is 4.74 Å². The van der Waals surface area contributed by atoms with Gasteiger partial charge in [0, 0.05) is 11.7 Å². The number of nitrogens with zero attached hydrogens (tertiary/aromatic N) is 1. The number of carbonyl (C=O) groups excluding carboxylic acids is 1. The van der Waals surface area contributed by atoms with E-state index in [0.29, 0.717) is 0 Å². The Morgan fingerprint density at radius 1 is 1.62 bits per heavy atom. The van der Waals surface area contributed by atoms with Crippen molar-refractivity contribution in [1.29, 1.82) is 0 Å². The van der Waals surface area contributed by atoms with Gasteiger partial charge in [-0.2, -0.15) is 13.2 Å². The van der Waals surface area contributed by atoms with E-state index in [1.165, 1.54) is 0 Å². The number of hydrogen-bond acceptors (Lipinski definition) is 2. The SMILES string of the molecule is CC(C)N(C(=O)Cl)C1=CC(C(F)(F)F)OC1. The minimum Gasteiger partial charge on any atom is -0.358 e. The summed E-state index contributed by atoms with van der Waals surface area (Å²) in [5.41, 5.74) is 0.150. The highest BCUT2D eigenvalue weighted by Gasteiger charge is 2.43. The Labute approximate surface area is 95.8 Å². The molecule has 3 nitrogen and oxygen atoms in total. The van der Waals surface area contributed by atoms with Crippen molar-refractivity contribution < 1.29 is 22.7 Å². The van der Waals surface area contributed by atoms with Gasteiger partial charge in [0.25, 0.3) is 0 Å². The second kappa shape index (κ2) is 4.63. The summed E-state index contributed by atoms with van der Waals surface area (Å²) in [6.45, 7) is 3.05. The average Bonchev–Trinajstić information content (AvgIpc) is 2.50. The average molecular weight is 258 g/mol. The van der Waals surface area contributed by atoms with Crippen molar-refractivity contribution in [3.05, 3.63) is 11.8 Å². The van der Waals surface area contributed by atoms with Gasteiger partial charge in [-0.15, -0.1) is 0 Å². The van der Waals surface area contributed by atoms with Gasteiger partial charge in [-0.1, -0.05) is 0 Å². The van der Waals surface area contributed by atoms with Crippen molar-refractivity contribution in [3.63, 3.8) is 0 Å². The summed E-state index contributed by atoms with van der Waals surface area (Å²) in [6.07, 6.45) is -5.54. The molecule has 7 heteroatoms. The van der Waals surface area contributed by atoms with Crippen LogP contribution in [0.2, 0.25) is 0 Å². The standard InChI is InChI=1S/C9H11ClF3NO2/c1-5(2)14(8(10)15)6-3-7(16-4-6)9(11,12)13/h3,5,7H,4H2,1-2H3. The van der Waals surface area contributed by atoms with Crippen molar-refractivity contribution in [3.8, 4) is 0 Å². The van der Waals surface area contributed by atoms with Crippen molar-refractivity contribution in [1.82, 2.24) is 4.90 Å². The first-order chi connectivity index (χ1) is 7.23. The molecule has 0 fully saturated rings. The maximum absolute atomic E-state index is 12.3. The van der Waals surface area contributed by atoms with Crippen LogP contribution in [-0.2, 0) is 4.74 Å². The van der Waals surface area contributed by atoms with E-state index in [1.54, 1.807) is 13.8 Å². The van der Waals surface area contributed by atoms with Gasteiger partial charge in [0.05, 0.1) is 6.61 Å². The zero-order chi connectivity index (χ0) is 12.5. The molecular formula is C9H11ClF3NO2. The minimum absolute atomic E-state index is 0.150. The van der Waals surface area contributed by atoms with E-state index in [4.69, 9.17) is 11.6 Å². The normalized spacial score (nSPS) is 21.2. The Kier molecular flexibility index (Phi) is 3.85. The van der Waals surface area contributed by atoms with Crippen LogP contribution in [0.4, 0.5) is 18.0 Å². The summed E-state index contributed by atoms with van der Waals surface area (Å²) >= 11 is 5.29. The highest BCUT2D eigenvalue weighted by molar-refractivity contribution is 6.63. The molecule has 1 amide bonds. The quantitative estimate of drug-likeness (QED) is 0.562. The fourth-order valence-corrected chi connectivity index (χ4v) is 1.74. The van der Waals surface area contributed by atoms with Crippen molar-refractivity contribution in [2.24, 2.45) is 0 Å². The van der Waals surface area contributed by atoms with Crippen LogP contribution in [0.5, 0.6) is 0 Å². The lowest BCUT2D eigenvalue weighted by Crippen LogP contribution is -2.32. The van der Waals surface area contributed by atoms with E-state index in [0.717, 1.165) is 11.0 Å². The summed E-state index contributed by atoms with van der Waals surface area (Å²) in [7, 11) is 0. The van der Waals surface area contributed by atoms with E-state index < -0.39 is 17.6 Å². The number of alkyl halides is 3. The molecule has 16 heavy (non-hydrogen) atoms. The van der Waals surface area contributed by atoms with Crippen molar-refractivity contribution >= 4 is 17.0 Å². The zero-order valence-corrected chi connectivity index (χ0v) is 9.47. The Morgan fingerprint density at radius 3 is 2.50 bits per heavy atom. The highest BCUT2D eigenvalue weighted by Crippen LogP contribution is 2.30. The Balaban J connectivity index is 2.86. The summed E-state index contributed by atoms with van der Waals surface area (Å²) in [6, 6.07) is -0.313. The predicted molar refractivity (Wildman–Crippen MR) is 52.1 cm³/mol. The topological polar surface area (TPSA) is 29.5 Å². The van der Waals surface area contributed by atoms with Crippen molar-refractivity contribution in [2.45, 2.75) is 32.2 Å². The van der Waals surface area contributed by atoms with Gasteiger partial charge in [-0.25, -0.2) is 0 Å². The smallest absolute Gasteiger partial charge is 0.358 e. The van der Waals surface area contributed by atoms with Gasteiger partial charge in [0.1, 0.15) is 0 Å². The van der Waals surface area contributed by atoms with Gasteiger partial charge in [-0.05, 0) is 31.5 Å². The van der Waals surface area contributed by atoms with Gasteiger partial charge in [0.2, 0.25) is 0 Å². The van der Waals surface area contributed by atoms with Gasteiger partial charge >= 0.3 is 11.5 Å². The van der Waals surface area contributed by atoms with Crippen LogP contribution in [0.1, 0.15) is 13.8 Å². The third kappa shape index (κ3) is 2.89. The summed E-state index contributed by atoms with van der Waals surface area (Å²) in [4.78, 5) is 12.1. The third-order valence-corrected chi connectivity index (χ3v) is 2.27. The number of carbonyl (C=O) groups is 1.